The van der Waals surface area contributed by atoms with Gasteiger partial charge in [0.25, 0.3) is 0 Å². The van der Waals surface area contributed by atoms with E-state index in [0.29, 0.717) is 16.6 Å². The second kappa shape index (κ2) is 5.91. The topological polar surface area (TPSA) is 12.0 Å². The van der Waals surface area contributed by atoms with Gasteiger partial charge in [-0.3, -0.25) is 0 Å². The molecule has 0 heterocycles. The van der Waals surface area contributed by atoms with E-state index in [4.69, 9.17) is 23.2 Å². The van der Waals surface area contributed by atoms with Crippen LogP contribution in [0.25, 0.3) is 0 Å². The van der Waals surface area contributed by atoms with Gasteiger partial charge in [0.1, 0.15) is 5.82 Å². The summed E-state index contributed by atoms with van der Waals surface area (Å²) in [6.45, 7) is 0.469. The minimum Gasteiger partial charge on any atom is -0.380 e. The average molecular weight is 349 g/mol. The molecule has 5 heteroatoms. The van der Waals surface area contributed by atoms with Crippen molar-refractivity contribution < 1.29 is 4.39 Å². The lowest BCUT2D eigenvalue weighted by atomic mass is 10.2. The van der Waals surface area contributed by atoms with Gasteiger partial charge in [-0.15, -0.1) is 0 Å². The van der Waals surface area contributed by atoms with E-state index in [0.717, 1.165) is 15.7 Å². The van der Waals surface area contributed by atoms with Crippen molar-refractivity contribution in [1.82, 2.24) is 0 Å². The molecule has 1 nitrogen and oxygen atoms in total. The number of halogens is 4. The third-order valence-corrected chi connectivity index (χ3v) is 3.48. The van der Waals surface area contributed by atoms with Crippen LogP contribution in [0.4, 0.5) is 10.1 Å². The molecule has 0 aromatic heterocycles. The Hall–Kier alpha value is -0.770. The molecule has 0 aliphatic heterocycles. The third-order valence-electron chi connectivity index (χ3n) is 2.33. The normalized spacial score (nSPS) is 10.4. The molecule has 0 radical (unpaired) electrons. The standard InChI is InChI=1S/C13H9BrCl2FN/c14-12-2-1-9(15)6-13(12)18-7-8-3-10(16)5-11(17)4-8/h1-6,18H,7H2. The van der Waals surface area contributed by atoms with Crippen molar-refractivity contribution in [2.24, 2.45) is 0 Å². The summed E-state index contributed by atoms with van der Waals surface area (Å²) < 4.78 is 14.1. The van der Waals surface area contributed by atoms with E-state index >= 15 is 0 Å². The summed E-state index contributed by atoms with van der Waals surface area (Å²) in [6.07, 6.45) is 0. The molecule has 0 fully saturated rings. The van der Waals surface area contributed by atoms with Gasteiger partial charge in [0.15, 0.2) is 0 Å². The second-order valence-corrected chi connectivity index (χ2v) is 5.48. The Kier molecular flexibility index (Phi) is 4.49. The predicted octanol–water partition coefficient (Wildman–Crippen LogP) is 5.51. The molecule has 0 bridgehead atoms. The highest BCUT2D eigenvalue weighted by molar-refractivity contribution is 9.10. The number of nitrogens with one attached hydrogen (secondary N) is 1. The maximum absolute atomic E-state index is 13.2. The molecular weight excluding hydrogens is 340 g/mol. The smallest absolute Gasteiger partial charge is 0.125 e. The van der Waals surface area contributed by atoms with Gasteiger partial charge in [0.05, 0.1) is 5.69 Å². The number of anilines is 1. The lowest BCUT2D eigenvalue weighted by Crippen LogP contribution is -2.00. The van der Waals surface area contributed by atoms with Gasteiger partial charge in [0, 0.05) is 21.1 Å². The lowest BCUT2D eigenvalue weighted by molar-refractivity contribution is 0.626. The monoisotopic (exact) mass is 347 g/mol. The molecule has 0 spiro atoms. The maximum Gasteiger partial charge on any atom is 0.125 e. The van der Waals surface area contributed by atoms with Crippen LogP contribution in [0.3, 0.4) is 0 Å². The van der Waals surface area contributed by atoms with Crippen LogP contribution in [0, 0.1) is 5.82 Å². The zero-order valence-corrected chi connectivity index (χ0v) is 12.3. The highest BCUT2D eigenvalue weighted by atomic mass is 79.9. The van der Waals surface area contributed by atoms with Gasteiger partial charge in [-0.2, -0.15) is 0 Å². The first-order valence-electron chi connectivity index (χ1n) is 5.18. The first kappa shape index (κ1) is 13.7. The molecule has 2 aromatic carbocycles. The second-order valence-electron chi connectivity index (χ2n) is 3.76. The first-order chi connectivity index (χ1) is 8.54. The van der Waals surface area contributed by atoms with Gasteiger partial charge in [-0.05, 0) is 57.9 Å². The van der Waals surface area contributed by atoms with Crippen LogP contribution in [0.2, 0.25) is 10.0 Å². The highest BCUT2D eigenvalue weighted by Gasteiger charge is 2.03. The summed E-state index contributed by atoms with van der Waals surface area (Å²) in [7, 11) is 0. The third kappa shape index (κ3) is 3.61. The van der Waals surface area contributed by atoms with Crippen molar-refractivity contribution in [3.8, 4) is 0 Å². The minimum absolute atomic E-state index is 0.343. The lowest BCUT2D eigenvalue weighted by Gasteiger charge is -2.09. The van der Waals surface area contributed by atoms with Crippen LogP contribution in [-0.2, 0) is 6.54 Å². The van der Waals surface area contributed by atoms with Crippen molar-refractivity contribution in [2.45, 2.75) is 6.54 Å². The molecule has 0 unspecified atom stereocenters. The van der Waals surface area contributed by atoms with E-state index in [1.165, 1.54) is 12.1 Å². The molecule has 0 aliphatic carbocycles. The van der Waals surface area contributed by atoms with Crippen LogP contribution >= 0.6 is 39.1 Å². The Labute approximate surface area is 123 Å². The fraction of sp³-hybridized carbons (Fsp3) is 0.0769. The molecule has 94 valence electrons. The predicted molar refractivity (Wildman–Crippen MR) is 77.9 cm³/mol. The largest absolute Gasteiger partial charge is 0.380 e. The molecule has 0 amide bonds. The summed E-state index contributed by atoms with van der Waals surface area (Å²) in [5.41, 5.74) is 1.62. The molecule has 0 saturated heterocycles. The van der Waals surface area contributed by atoms with Gasteiger partial charge < -0.3 is 5.32 Å². The van der Waals surface area contributed by atoms with Gasteiger partial charge >= 0.3 is 0 Å². The zero-order chi connectivity index (χ0) is 13.1. The van der Waals surface area contributed by atoms with E-state index in [1.807, 2.05) is 6.07 Å². The SMILES string of the molecule is Fc1cc(Cl)cc(CNc2cc(Cl)ccc2Br)c1. The molecule has 2 aromatic rings. The number of hydrogen-bond acceptors (Lipinski definition) is 1. The molecule has 0 saturated carbocycles. The van der Waals surface area contributed by atoms with Crippen LogP contribution in [0.1, 0.15) is 5.56 Å². The number of hydrogen-bond donors (Lipinski definition) is 1. The Balaban J connectivity index is 2.13. The Bertz CT molecular complexity index is 555. The van der Waals surface area contributed by atoms with Crippen molar-refractivity contribution in [3.63, 3.8) is 0 Å². The fourth-order valence-electron chi connectivity index (χ4n) is 1.54. The van der Waals surface area contributed by atoms with E-state index in [2.05, 4.69) is 21.2 Å². The molecular formula is C13H9BrCl2FN. The minimum atomic E-state index is -0.343. The molecule has 0 atom stereocenters. The molecule has 2 rings (SSSR count). The zero-order valence-electron chi connectivity index (χ0n) is 9.18. The number of benzene rings is 2. The fourth-order valence-corrected chi connectivity index (χ4v) is 2.35. The Morgan fingerprint density at radius 1 is 1.06 bits per heavy atom. The molecule has 1 N–H and O–H groups in total. The van der Waals surface area contributed by atoms with Crippen LogP contribution < -0.4 is 5.32 Å². The van der Waals surface area contributed by atoms with Crippen LogP contribution in [-0.4, -0.2) is 0 Å². The first-order valence-corrected chi connectivity index (χ1v) is 6.73. The molecule has 0 aliphatic rings. The van der Waals surface area contributed by atoms with E-state index in [1.54, 1.807) is 18.2 Å². The van der Waals surface area contributed by atoms with Crippen molar-refractivity contribution in [3.05, 3.63) is 62.3 Å². The summed E-state index contributed by atoms with van der Waals surface area (Å²) in [4.78, 5) is 0. The van der Waals surface area contributed by atoms with E-state index < -0.39 is 0 Å². The van der Waals surface area contributed by atoms with Gasteiger partial charge in [0.2, 0.25) is 0 Å². The average Bonchev–Trinajstić information content (AvgIpc) is 2.29. The summed E-state index contributed by atoms with van der Waals surface area (Å²) in [6, 6.07) is 9.87. The molecule has 18 heavy (non-hydrogen) atoms. The van der Waals surface area contributed by atoms with E-state index in [-0.39, 0.29) is 5.82 Å². The van der Waals surface area contributed by atoms with Crippen molar-refractivity contribution in [2.75, 3.05) is 5.32 Å². The van der Waals surface area contributed by atoms with Gasteiger partial charge in [-0.25, -0.2) is 4.39 Å². The van der Waals surface area contributed by atoms with E-state index in [9.17, 15) is 4.39 Å². The summed E-state index contributed by atoms with van der Waals surface area (Å²) in [5.74, 6) is -0.343. The summed E-state index contributed by atoms with van der Waals surface area (Å²) in [5, 5.41) is 4.19. The van der Waals surface area contributed by atoms with Crippen molar-refractivity contribution >= 4 is 44.8 Å². The van der Waals surface area contributed by atoms with Crippen LogP contribution in [0.15, 0.2) is 40.9 Å². The van der Waals surface area contributed by atoms with Crippen molar-refractivity contribution in [1.29, 1.82) is 0 Å². The maximum atomic E-state index is 13.2. The highest BCUT2D eigenvalue weighted by Crippen LogP contribution is 2.26. The van der Waals surface area contributed by atoms with Gasteiger partial charge in [-0.1, -0.05) is 23.2 Å². The Morgan fingerprint density at radius 2 is 1.83 bits per heavy atom. The number of rotatable bonds is 3. The van der Waals surface area contributed by atoms with Crippen LogP contribution in [0.5, 0.6) is 0 Å². The summed E-state index contributed by atoms with van der Waals surface area (Å²) >= 11 is 15.1. The Morgan fingerprint density at radius 3 is 2.56 bits per heavy atom. The quantitative estimate of drug-likeness (QED) is 0.771.